The van der Waals surface area contributed by atoms with E-state index in [0.29, 0.717) is 31.5 Å². The molecule has 1 saturated heterocycles. The van der Waals surface area contributed by atoms with Gasteiger partial charge < -0.3 is 14.4 Å². The lowest BCUT2D eigenvalue weighted by Crippen LogP contribution is -2.42. The van der Waals surface area contributed by atoms with Gasteiger partial charge in [0.1, 0.15) is 5.60 Å². The minimum absolute atomic E-state index is 0.0242. The second-order valence-electron chi connectivity index (χ2n) is 7.93. The van der Waals surface area contributed by atoms with Crippen LogP contribution in [0.5, 0.6) is 0 Å². The predicted octanol–water partition coefficient (Wildman–Crippen LogP) is 3.95. The van der Waals surface area contributed by atoms with E-state index in [1.165, 1.54) is 0 Å². The standard InChI is InChI=1S/C25H29NO5/c1-3-30-22(27)18-25(2,21-12-8-5-9-13-21)31-24(29)20-14-16-26(17-15-20)23(28)19-10-6-4-7-11-19/h4-13,20H,3,14-18H2,1-2H3. The van der Waals surface area contributed by atoms with Crippen molar-refractivity contribution in [2.75, 3.05) is 19.7 Å². The summed E-state index contributed by atoms with van der Waals surface area (Å²) < 4.78 is 11.0. The number of nitrogens with zero attached hydrogens (tertiary/aromatic N) is 1. The monoisotopic (exact) mass is 423 g/mol. The molecule has 0 spiro atoms. The summed E-state index contributed by atoms with van der Waals surface area (Å²) in [4.78, 5) is 39.6. The molecule has 0 N–H and O–H groups in total. The predicted molar refractivity (Wildman–Crippen MR) is 116 cm³/mol. The van der Waals surface area contributed by atoms with E-state index in [0.717, 1.165) is 5.56 Å². The number of carbonyl (C=O) groups excluding carboxylic acids is 3. The third-order valence-corrected chi connectivity index (χ3v) is 5.63. The average Bonchev–Trinajstić information content (AvgIpc) is 2.80. The number of benzene rings is 2. The molecule has 1 heterocycles. The molecule has 1 fully saturated rings. The Morgan fingerprint density at radius 1 is 0.968 bits per heavy atom. The number of rotatable bonds is 7. The topological polar surface area (TPSA) is 72.9 Å². The Balaban J connectivity index is 1.64. The minimum Gasteiger partial charge on any atom is -0.466 e. The van der Waals surface area contributed by atoms with Crippen LogP contribution >= 0.6 is 0 Å². The van der Waals surface area contributed by atoms with Crippen LogP contribution in [0.25, 0.3) is 0 Å². The Morgan fingerprint density at radius 2 is 1.55 bits per heavy atom. The molecule has 0 bridgehead atoms. The summed E-state index contributed by atoms with van der Waals surface area (Å²) in [6.45, 7) is 4.74. The molecule has 164 valence electrons. The smallest absolute Gasteiger partial charge is 0.310 e. The summed E-state index contributed by atoms with van der Waals surface area (Å²) in [6.07, 6.45) is 1.01. The van der Waals surface area contributed by atoms with Gasteiger partial charge in [0.05, 0.1) is 18.9 Å². The SMILES string of the molecule is CCOC(=O)CC(C)(OC(=O)C1CCN(C(=O)c2ccccc2)CC1)c1ccccc1. The molecule has 6 nitrogen and oxygen atoms in total. The molecule has 0 aliphatic carbocycles. The Labute approximate surface area is 183 Å². The normalized spacial score (nSPS) is 16.3. The van der Waals surface area contributed by atoms with Crippen molar-refractivity contribution in [3.63, 3.8) is 0 Å². The van der Waals surface area contributed by atoms with E-state index in [1.54, 1.807) is 30.9 Å². The van der Waals surface area contributed by atoms with Gasteiger partial charge in [0.15, 0.2) is 0 Å². The van der Waals surface area contributed by atoms with Crippen LogP contribution in [-0.4, -0.2) is 42.4 Å². The summed E-state index contributed by atoms with van der Waals surface area (Å²) in [7, 11) is 0. The minimum atomic E-state index is -1.11. The van der Waals surface area contributed by atoms with Crippen LogP contribution in [0.1, 0.15) is 49.0 Å². The lowest BCUT2D eigenvalue weighted by atomic mass is 9.91. The number of hydrogen-bond donors (Lipinski definition) is 0. The Morgan fingerprint density at radius 3 is 2.13 bits per heavy atom. The maximum Gasteiger partial charge on any atom is 0.310 e. The number of hydrogen-bond acceptors (Lipinski definition) is 5. The third-order valence-electron chi connectivity index (χ3n) is 5.63. The number of likely N-dealkylation sites (tertiary alicyclic amines) is 1. The van der Waals surface area contributed by atoms with Crippen molar-refractivity contribution in [1.82, 2.24) is 4.90 Å². The van der Waals surface area contributed by atoms with Gasteiger partial charge in [-0.25, -0.2) is 0 Å². The van der Waals surface area contributed by atoms with E-state index in [2.05, 4.69) is 0 Å². The number of ether oxygens (including phenoxy) is 2. The van der Waals surface area contributed by atoms with Crippen LogP contribution in [0.3, 0.4) is 0 Å². The maximum absolute atomic E-state index is 13.0. The number of carbonyl (C=O) groups is 3. The van der Waals surface area contributed by atoms with Crippen molar-refractivity contribution < 1.29 is 23.9 Å². The molecule has 0 aromatic heterocycles. The van der Waals surface area contributed by atoms with Crippen LogP contribution in [-0.2, 0) is 24.7 Å². The number of amides is 1. The van der Waals surface area contributed by atoms with Crippen LogP contribution in [0, 0.1) is 5.92 Å². The fourth-order valence-corrected chi connectivity index (χ4v) is 3.86. The van der Waals surface area contributed by atoms with Crippen molar-refractivity contribution in [3.05, 3.63) is 71.8 Å². The third kappa shape index (κ3) is 5.72. The van der Waals surface area contributed by atoms with Crippen molar-refractivity contribution in [1.29, 1.82) is 0 Å². The lowest BCUT2D eigenvalue weighted by molar-refractivity contribution is -0.171. The summed E-state index contributed by atoms with van der Waals surface area (Å²) in [5.41, 5.74) is 0.282. The molecular formula is C25H29NO5. The summed E-state index contributed by atoms with van der Waals surface area (Å²) in [5.74, 6) is -1.10. The molecule has 1 aliphatic heterocycles. The maximum atomic E-state index is 13.0. The quantitative estimate of drug-likeness (QED) is 0.631. The zero-order valence-electron chi connectivity index (χ0n) is 18.1. The molecule has 1 aliphatic rings. The first kappa shape index (κ1) is 22.5. The highest BCUT2D eigenvalue weighted by molar-refractivity contribution is 5.94. The highest BCUT2D eigenvalue weighted by Crippen LogP contribution is 2.32. The zero-order chi connectivity index (χ0) is 22.3. The van der Waals surface area contributed by atoms with Crippen molar-refractivity contribution in [2.45, 2.75) is 38.7 Å². The van der Waals surface area contributed by atoms with E-state index in [1.807, 2.05) is 48.5 Å². The molecule has 1 unspecified atom stereocenters. The fraction of sp³-hybridized carbons (Fsp3) is 0.400. The van der Waals surface area contributed by atoms with Gasteiger partial charge in [-0.15, -0.1) is 0 Å². The molecule has 2 aromatic rings. The first-order valence-corrected chi connectivity index (χ1v) is 10.7. The summed E-state index contributed by atoms with van der Waals surface area (Å²) in [5, 5.41) is 0. The van der Waals surface area contributed by atoms with Crippen LogP contribution in [0.2, 0.25) is 0 Å². The summed E-state index contributed by atoms with van der Waals surface area (Å²) in [6, 6.07) is 18.4. The largest absolute Gasteiger partial charge is 0.466 e. The van der Waals surface area contributed by atoms with E-state index >= 15 is 0 Å². The van der Waals surface area contributed by atoms with Gasteiger partial charge in [-0.3, -0.25) is 14.4 Å². The van der Waals surface area contributed by atoms with Gasteiger partial charge in [0.2, 0.25) is 0 Å². The highest BCUT2D eigenvalue weighted by Gasteiger charge is 2.38. The molecule has 3 rings (SSSR count). The molecule has 6 heteroatoms. The molecule has 0 radical (unpaired) electrons. The highest BCUT2D eigenvalue weighted by atomic mass is 16.6. The van der Waals surface area contributed by atoms with Gasteiger partial charge >= 0.3 is 11.9 Å². The van der Waals surface area contributed by atoms with Gasteiger partial charge in [-0.1, -0.05) is 48.5 Å². The van der Waals surface area contributed by atoms with Gasteiger partial charge in [0, 0.05) is 18.7 Å². The number of esters is 2. The Kier molecular flexibility index (Phi) is 7.45. The summed E-state index contributed by atoms with van der Waals surface area (Å²) >= 11 is 0. The Hall–Kier alpha value is -3.15. The van der Waals surface area contributed by atoms with E-state index in [9.17, 15) is 14.4 Å². The second kappa shape index (κ2) is 10.2. The van der Waals surface area contributed by atoms with Crippen LogP contribution < -0.4 is 0 Å². The molecule has 2 aromatic carbocycles. The van der Waals surface area contributed by atoms with Crippen molar-refractivity contribution in [3.8, 4) is 0 Å². The molecule has 0 saturated carbocycles. The van der Waals surface area contributed by atoms with Gasteiger partial charge in [-0.05, 0) is 44.4 Å². The van der Waals surface area contributed by atoms with Crippen LogP contribution in [0.15, 0.2) is 60.7 Å². The molecule has 31 heavy (non-hydrogen) atoms. The Bertz CT molecular complexity index is 891. The van der Waals surface area contributed by atoms with Crippen molar-refractivity contribution in [2.24, 2.45) is 5.92 Å². The van der Waals surface area contributed by atoms with E-state index < -0.39 is 11.6 Å². The second-order valence-corrected chi connectivity index (χ2v) is 7.93. The van der Waals surface area contributed by atoms with E-state index in [4.69, 9.17) is 9.47 Å². The zero-order valence-corrected chi connectivity index (χ0v) is 18.1. The first-order valence-electron chi connectivity index (χ1n) is 10.7. The van der Waals surface area contributed by atoms with Crippen LogP contribution in [0.4, 0.5) is 0 Å². The molecular weight excluding hydrogens is 394 g/mol. The molecule has 1 amide bonds. The van der Waals surface area contributed by atoms with Gasteiger partial charge in [0.25, 0.3) is 5.91 Å². The van der Waals surface area contributed by atoms with Gasteiger partial charge in [-0.2, -0.15) is 0 Å². The van der Waals surface area contributed by atoms with Crippen molar-refractivity contribution >= 4 is 17.8 Å². The van der Waals surface area contributed by atoms with E-state index in [-0.39, 0.29) is 30.8 Å². The number of piperidine rings is 1. The molecule has 1 atom stereocenters. The fourth-order valence-electron chi connectivity index (χ4n) is 3.86. The lowest BCUT2D eigenvalue weighted by Gasteiger charge is -2.34. The first-order chi connectivity index (χ1) is 14.9. The average molecular weight is 424 g/mol.